The average Bonchev–Trinajstić information content (AvgIpc) is 2.28. The molecule has 1 aromatic rings. The lowest BCUT2D eigenvalue weighted by atomic mass is 10.1. The van der Waals surface area contributed by atoms with Crippen LogP contribution in [0, 0.1) is 0 Å². The lowest BCUT2D eigenvalue weighted by Gasteiger charge is -2.14. The molecule has 0 fully saturated rings. The highest BCUT2D eigenvalue weighted by molar-refractivity contribution is 5.55. The van der Waals surface area contributed by atoms with Crippen molar-refractivity contribution >= 4 is 5.69 Å². The molecule has 1 nitrogen and oxygen atoms in total. The Morgan fingerprint density at radius 2 is 2.08 bits per heavy atom. The van der Waals surface area contributed by atoms with Gasteiger partial charge in [0.2, 0.25) is 0 Å². The van der Waals surface area contributed by atoms with E-state index in [-0.39, 0.29) is 0 Å². The highest BCUT2D eigenvalue weighted by Crippen LogP contribution is 2.22. The number of nitrogens with one attached hydrogen (secondary N) is 1. The number of fused-ring (bicyclic) bond motifs is 1. The van der Waals surface area contributed by atoms with Gasteiger partial charge in [-0.2, -0.15) is 0 Å². The molecule has 0 aromatic heterocycles. The molecule has 1 aromatic carbocycles. The minimum atomic E-state index is 0.462. The van der Waals surface area contributed by atoms with Crippen LogP contribution in [0.15, 0.2) is 35.9 Å². The molecule has 1 unspecified atom stereocenters. The Labute approximate surface area is 79.5 Å². The zero-order valence-corrected chi connectivity index (χ0v) is 8.17. The second-order valence-electron chi connectivity index (χ2n) is 3.68. The number of anilines is 1. The molecule has 1 aliphatic heterocycles. The van der Waals surface area contributed by atoms with Gasteiger partial charge in [-0.25, -0.2) is 0 Å². The van der Waals surface area contributed by atoms with Crippen LogP contribution in [0.1, 0.15) is 19.4 Å². The lowest BCUT2D eigenvalue weighted by molar-refractivity contribution is 0.926. The van der Waals surface area contributed by atoms with Gasteiger partial charge in [-0.1, -0.05) is 29.8 Å². The summed E-state index contributed by atoms with van der Waals surface area (Å²) in [6.45, 7) is 4.39. The van der Waals surface area contributed by atoms with Crippen LogP contribution in [0.5, 0.6) is 0 Å². The van der Waals surface area contributed by atoms with E-state index >= 15 is 0 Å². The van der Waals surface area contributed by atoms with Crippen LogP contribution in [-0.2, 0) is 6.42 Å². The molecule has 1 N–H and O–H groups in total. The van der Waals surface area contributed by atoms with Crippen LogP contribution in [-0.4, -0.2) is 6.04 Å². The minimum Gasteiger partial charge on any atom is -0.379 e. The average molecular weight is 173 g/mol. The van der Waals surface area contributed by atoms with E-state index in [1.807, 2.05) is 0 Å². The fourth-order valence-corrected chi connectivity index (χ4v) is 1.63. The van der Waals surface area contributed by atoms with Crippen LogP contribution in [0.4, 0.5) is 5.69 Å². The van der Waals surface area contributed by atoms with E-state index in [2.05, 4.69) is 49.5 Å². The summed E-state index contributed by atoms with van der Waals surface area (Å²) < 4.78 is 0. The predicted molar refractivity (Wildman–Crippen MR) is 57.0 cm³/mol. The summed E-state index contributed by atoms with van der Waals surface area (Å²) in [5.74, 6) is 0. The third-order valence-corrected chi connectivity index (χ3v) is 2.72. The summed E-state index contributed by atoms with van der Waals surface area (Å²) in [5, 5.41) is 3.50. The summed E-state index contributed by atoms with van der Waals surface area (Å²) in [5.41, 5.74) is 4.10. The van der Waals surface area contributed by atoms with E-state index < -0.39 is 0 Å². The molecule has 1 aliphatic rings. The van der Waals surface area contributed by atoms with Gasteiger partial charge in [-0.15, -0.1) is 0 Å². The predicted octanol–water partition coefficient (Wildman–Crippen LogP) is 2.99. The number of allylic oxidation sites excluding steroid dienone is 1. The molecule has 0 aliphatic carbocycles. The Morgan fingerprint density at radius 3 is 2.92 bits per heavy atom. The van der Waals surface area contributed by atoms with Crippen molar-refractivity contribution in [1.29, 1.82) is 0 Å². The van der Waals surface area contributed by atoms with E-state index in [9.17, 15) is 0 Å². The second-order valence-corrected chi connectivity index (χ2v) is 3.68. The van der Waals surface area contributed by atoms with Crippen LogP contribution in [0.2, 0.25) is 0 Å². The Balaban J connectivity index is 2.38. The molecule has 0 radical (unpaired) electrons. The number of hydrogen-bond donors (Lipinski definition) is 1. The molecule has 0 spiro atoms. The molecule has 0 saturated carbocycles. The number of benzene rings is 1. The Kier molecular flexibility index (Phi) is 2.09. The quantitative estimate of drug-likeness (QED) is 0.595. The van der Waals surface area contributed by atoms with E-state index in [4.69, 9.17) is 0 Å². The summed E-state index contributed by atoms with van der Waals surface area (Å²) in [4.78, 5) is 0. The zero-order chi connectivity index (χ0) is 9.26. The third-order valence-electron chi connectivity index (χ3n) is 2.72. The van der Waals surface area contributed by atoms with Crippen LogP contribution in [0.25, 0.3) is 0 Å². The van der Waals surface area contributed by atoms with Crippen LogP contribution < -0.4 is 5.32 Å². The van der Waals surface area contributed by atoms with E-state index in [1.165, 1.54) is 16.8 Å². The molecule has 0 saturated heterocycles. The van der Waals surface area contributed by atoms with Gasteiger partial charge < -0.3 is 5.32 Å². The fourth-order valence-electron chi connectivity index (χ4n) is 1.63. The van der Waals surface area contributed by atoms with Crippen molar-refractivity contribution in [1.82, 2.24) is 0 Å². The first-order valence-corrected chi connectivity index (χ1v) is 4.78. The first kappa shape index (κ1) is 8.36. The molecule has 0 amide bonds. The first-order valence-electron chi connectivity index (χ1n) is 4.78. The van der Waals surface area contributed by atoms with Gasteiger partial charge in [0.15, 0.2) is 0 Å². The van der Waals surface area contributed by atoms with Gasteiger partial charge in [0, 0.05) is 11.7 Å². The van der Waals surface area contributed by atoms with Crippen molar-refractivity contribution in [3.05, 3.63) is 41.5 Å². The zero-order valence-electron chi connectivity index (χ0n) is 8.17. The smallest absolute Gasteiger partial charge is 0.0442 e. The van der Waals surface area contributed by atoms with Gasteiger partial charge in [0.05, 0.1) is 0 Å². The van der Waals surface area contributed by atoms with Crippen LogP contribution >= 0.6 is 0 Å². The standard InChI is InChI=1S/C12H15N/c1-9-7-8-11-5-3-4-6-12(11)13-10(9)2/h3-7,10,13H,8H2,1-2H3. The maximum absolute atomic E-state index is 3.50. The summed E-state index contributed by atoms with van der Waals surface area (Å²) in [7, 11) is 0. The molecule has 1 atom stereocenters. The molecule has 68 valence electrons. The topological polar surface area (TPSA) is 12.0 Å². The molecule has 0 bridgehead atoms. The first-order chi connectivity index (χ1) is 6.27. The Hall–Kier alpha value is -1.24. The minimum absolute atomic E-state index is 0.462. The molecular weight excluding hydrogens is 158 g/mol. The van der Waals surface area contributed by atoms with E-state index in [0.29, 0.717) is 6.04 Å². The fraction of sp³-hybridized carbons (Fsp3) is 0.333. The molecule has 1 heteroatoms. The SMILES string of the molecule is CC1=CCc2ccccc2NC1C. The Bertz CT molecular complexity index is 339. The third kappa shape index (κ3) is 1.59. The normalized spacial score (nSPS) is 21.1. The van der Waals surface area contributed by atoms with E-state index in [1.54, 1.807) is 0 Å². The second kappa shape index (κ2) is 3.25. The van der Waals surface area contributed by atoms with Crippen LogP contribution in [0.3, 0.4) is 0 Å². The molecule has 13 heavy (non-hydrogen) atoms. The summed E-state index contributed by atoms with van der Waals surface area (Å²) >= 11 is 0. The van der Waals surface area contributed by atoms with Crippen molar-refractivity contribution in [2.24, 2.45) is 0 Å². The number of rotatable bonds is 0. The highest BCUT2D eigenvalue weighted by Gasteiger charge is 2.10. The maximum atomic E-state index is 3.50. The number of para-hydroxylation sites is 1. The highest BCUT2D eigenvalue weighted by atomic mass is 14.9. The Morgan fingerprint density at radius 1 is 1.31 bits per heavy atom. The van der Waals surface area contributed by atoms with Crippen molar-refractivity contribution in [2.45, 2.75) is 26.3 Å². The largest absolute Gasteiger partial charge is 0.379 e. The maximum Gasteiger partial charge on any atom is 0.0442 e. The summed E-state index contributed by atoms with van der Waals surface area (Å²) in [6, 6.07) is 8.98. The molecule has 1 heterocycles. The number of hydrogen-bond acceptors (Lipinski definition) is 1. The van der Waals surface area contributed by atoms with Crippen molar-refractivity contribution in [2.75, 3.05) is 5.32 Å². The molecular formula is C12H15N. The van der Waals surface area contributed by atoms with Crippen molar-refractivity contribution in [3.8, 4) is 0 Å². The van der Waals surface area contributed by atoms with Gasteiger partial charge in [-0.3, -0.25) is 0 Å². The van der Waals surface area contributed by atoms with Gasteiger partial charge in [0.1, 0.15) is 0 Å². The lowest BCUT2D eigenvalue weighted by Crippen LogP contribution is -2.15. The van der Waals surface area contributed by atoms with Crippen molar-refractivity contribution in [3.63, 3.8) is 0 Å². The monoisotopic (exact) mass is 173 g/mol. The van der Waals surface area contributed by atoms with Gasteiger partial charge in [0.25, 0.3) is 0 Å². The van der Waals surface area contributed by atoms with Crippen molar-refractivity contribution < 1.29 is 0 Å². The van der Waals surface area contributed by atoms with Gasteiger partial charge >= 0.3 is 0 Å². The van der Waals surface area contributed by atoms with E-state index in [0.717, 1.165) is 6.42 Å². The summed E-state index contributed by atoms with van der Waals surface area (Å²) in [6.07, 6.45) is 3.36. The molecule has 2 rings (SSSR count). The van der Waals surface area contributed by atoms with Gasteiger partial charge in [-0.05, 0) is 31.9 Å².